The van der Waals surface area contributed by atoms with Crippen molar-refractivity contribution in [3.05, 3.63) is 0 Å². The van der Waals surface area contributed by atoms with Crippen molar-refractivity contribution < 1.29 is 19.4 Å². The number of nitriles is 1. The molecule has 0 rings (SSSR count). The first-order chi connectivity index (χ1) is 8.81. The fraction of sp³-hybridized carbons (Fsp3) is 0.769. The lowest BCUT2D eigenvalue weighted by atomic mass is 10.0. The number of amides is 1. The number of hydrogen-bond acceptors (Lipinski definition) is 5. The number of carbonyl (C=O) groups excluding carboxylic acids is 2. The number of rotatable bonds is 7. The highest BCUT2D eigenvalue weighted by molar-refractivity contribution is 5.86. The summed E-state index contributed by atoms with van der Waals surface area (Å²) >= 11 is 0. The zero-order valence-corrected chi connectivity index (χ0v) is 11.8. The Morgan fingerprint density at radius 3 is 2.32 bits per heavy atom. The van der Waals surface area contributed by atoms with Crippen LogP contribution in [0.2, 0.25) is 0 Å². The minimum Gasteiger partial charge on any atom is -0.467 e. The second-order valence-electron chi connectivity index (χ2n) is 5.00. The molecule has 19 heavy (non-hydrogen) atoms. The summed E-state index contributed by atoms with van der Waals surface area (Å²) in [6.45, 7) is 5.41. The van der Waals surface area contributed by atoms with Gasteiger partial charge < -0.3 is 15.2 Å². The summed E-state index contributed by atoms with van der Waals surface area (Å²) in [4.78, 5) is 23.2. The van der Waals surface area contributed by atoms with Gasteiger partial charge in [0.1, 0.15) is 12.1 Å². The van der Waals surface area contributed by atoms with Crippen LogP contribution in [0.3, 0.4) is 0 Å². The normalized spacial score (nSPS) is 15.2. The Labute approximate surface area is 113 Å². The number of aliphatic hydroxyl groups is 1. The summed E-state index contributed by atoms with van der Waals surface area (Å²) in [5, 5.41) is 20.8. The highest BCUT2D eigenvalue weighted by atomic mass is 16.5. The summed E-state index contributed by atoms with van der Waals surface area (Å²) in [7, 11) is 1.21. The van der Waals surface area contributed by atoms with Crippen LogP contribution in [-0.4, -0.2) is 36.2 Å². The zero-order chi connectivity index (χ0) is 15.0. The third-order valence-electron chi connectivity index (χ3n) is 2.61. The Hall–Kier alpha value is -1.61. The molecule has 0 aliphatic carbocycles. The number of methoxy groups -OCH3 is 1. The van der Waals surface area contributed by atoms with Crippen molar-refractivity contribution in [3.8, 4) is 6.07 Å². The number of hydrogen-bond donors (Lipinski definition) is 2. The average molecular weight is 270 g/mol. The average Bonchev–Trinajstić information content (AvgIpc) is 2.35. The van der Waals surface area contributed by atoms with Crippen molar-refractivity contribution in [1.82, 2.24) is 5.32 Å². The SMILES string of the molecule is COC(=O)[C@@H](C[C@@H](C)C#N)NC(=O)[C@@H](O)CC(C)C. The topological polar surface area (TPSA) is 99.4 Å². The molecule has 1 amide bonds. The number of esters is 1. The third-order valence-corrected chi connectivity index (χ3v) is 2.61. The lowest BCUT2D eigenvalue weighted by Crippen LogP contribution is -2.46. The van der Waals surface area contributed by atoms with Gasteiger partial charge in [-0.05, 0) is 25.7 Å². The number of aliphatic hydroxyl groups excluding tert-OH is 1. The Morgan fingerprint density at radius 2 is 1.89 bits per heavy atom. The van der Waals surface area contributed by atoms with Crippen LogP contribution in [0.25, 0.3) is 0 Å². The minimum absolute atomic E-state index is 0.156. The van der Waals surface area contributed by atoms with E-state index in [0.29, 0.717) is 6.42 Å². The Kier molecular flexibility index (Phi) is 7.77. The van der Waals surface area contributed by atoms with Crippen molar-refractivity contribution in [2.45, 2.75) is 45.8 Å². The van der Waals surface area contributed by atoms with Crippen LogP contribution in [0, 0.1) is 23.2 Å². The van der Waals surface area contributed by atoms with Crippen molar-refractivity contribution in [2.75, 3.05) is 7.11 Å². The van der Waals surface area contributed by atoms with Gasteiger partial charge in [0.05, 0.1) is 13.2 Å². The molecule has 0 fully saturated rings. The van der Waals surface area contributed by atoms with Crippen molar-refractivity contribution in [1.29, 1.82) is 5.26 Å². The van der Waals surface area contributed by atoms with Gasteiger partial charge in [0.25, 0.3) is 0 Å². The van der Waals surface area contributed by atoms with E-state index in [1.807, 2.05) is 19.9 Å². The van der Waals surface area contributed by atoms with Gasteiger partial charge >= 0.3 is 5.97 Å². The number of ether oxygens (including phenoxy) is 1. The minimum atomic E-state index is -1.16. The van der Waals surface area contributed by atoms with Gasteiger partial charge in [-0.1, -0.05) is 13.8 Å². The molecule has 0 radical (unpaired) electrons. The molecule has 6 nitrogen and oxygen atoms in total. The van der Waals surface area contributed by atoms with Gasteiger partial charge in [-0.3, -0.25) is 4.79 Å². The molecule has 0 saturated heterocycles. The van der Waals surface area contributed by atoms with E-state index in [-0.39, 0.29) is 12.3 Å². The molecule has 0 aliphatic rings. The molecule has 0 aliphatic heterocycles. The Bertz CT molecular complexity index is 349. The van der Waals surface area contributed by atoms with Gasteiger partial charge in [-0.25, -0.2) is 4.79 Å². The van der Waals surface area contributed by atoms with Gasteiger partial charge in [-0.2, -0.15) is 5.26 Å². The highest BCUT2D eigenvalue weighted by Gasteiger charge is 2.26. The van der Waals surface area contributed by atoms with Crippen LogP contribution in [-0.2, 0) is 14.3 Å². The van der Waals surface area contributed by atoms with Crippen LogP contribution in [0.5, 0.6) is 0 Å². The predicted molar refractivity (Wildman–Crippen MR) is 68.8 cm³/mol. The van der Waals surface area contributed by atoms with Crippen LogP contribution >= 0.6 is 0 Å². The fourth-order valence-corrected chi connectivity index (χ4v) is 1.58. The Balaban J connectivity index is 4.60. The molecule has 0 aromatic heterocycles. The van der Waals surface area contributed by atoms with E-state index in [1.165, 1.54) is 7.11 Å². The summed E-state index contributed by atoms with van der Waals surface area (Å²) in [5.41, 5.74) is 0. The van der Waals surface area contributed by atoms with E-state index >= 15 is 0 Å². The van der Waals surface area contributed by atoms with E-state index < -0.39 is 29.9 Å². The highest BCUT2D eigenvalue weighted by Crippen LogP contribution is 2.09. The standard InChI is InChI=1S/C13H22N2O4/c1-8(2)5-11(16)12(17)15-10(13(18)19-4)6-9(3)7-14/h8-11,16H,5-6H2,1-4H3,(H,15,17)/t9-,10-,11+/m1/s1. The van der Waals surface area contributed by atoms with Crippen molar-refractivity contribution in [3.63, 3.8) is 0 Å². The third kappa shape index (κ3) is 6.77. The maximum atomic E-state index is 11.7. The lowest BCUT2D eigenvalue weighted by Gasteiger charge is -2.20. The largest absolute Gasteiger partial charge is 0.467 e. The van der Waals surface area contributed by atoms with Gasteiger partial charge in [0.15, 0.2) is 0 Å². The monoisotopic (exact) mass is 270 g/mol. The second kappa shape index (κ2) is 8.48. The molecule has 0 saturated carbocycles. The predicted octanol–water partition coefficient (Wildman–Crippen LogP) is 0.601. The molecule has 108 valence electrons. The maximum Gasteiger partial charge on any atom is 0.328 e. The molecule has 0 aromatic rings. The molecule has 0 unspecified atom stereocenters. The fourth-order valence-electron chi connectivity index (χ4n) is 1.58. The van der Waals surface area contributed by atoms with Crippen molar-refractivity contribution in [2.24, 2.45) is 11.8 Å². The van der Waals surface area contributed by atoms with Crippen LogP contribution < -0.4 is 5.32 Å². The number of nitrogens with one attached hydrogen (secondary N) is 1. The summed E-state index contributed by atoms with van der Waals surface area (Å²) in [5.74, 6) is -1.47. The maximum absolute atomic E-state index is 11.7. The molecule has 0 bridgehead atoms. The van der Waals surface area contributed by atoms with Gasteiger partial charge in [0, 0.05) is 5.92 Å². The molecule has 0 spiro atoms. The van der Waals surface area contributed by atoms with E-state index in [9.17, 15) is 14.7 Å². The summed E-state index contributed by atoms with van der Waals surface area (Å²) in [6, 6.07) is 1.08. The van der Waals surface area contributed by atoms with Gasteiger partial charge in [0.2, 0.25) is 5.91 Å². The first-order valence-electron chi connectivity index (χ1n) is 6.27. The molecule has 3 atom stereocenters. The van der Waals surface area contributed by atoms with Gasteiger partial charge in [-0.15, -0.1) is 0 Å². The molecule has 2 N–H and O–H groups in total. The number of nitrogens with zero attached hydrogens (tertiary/aromatic N) is 1. The lowest BCUT2D eigenvalue weighted by molar-refractivity contribution is -0.146. The molecule has 6 heteroatoms. The first kappa shape index (κ1) is 17.4. The van der Waals surface area contributed by atoms with Crippen molar-refractivity contribution >= 4 is 11.9 Å². The molecule has 0 heterocycles. The zero-order valence-electron chi connectivity index (χ0n) is 11.8. The first-order valence-corrected chi connectivity index (χ1v) is 6.27. The van der Waals surface area contributed by atoms with E-state index in [1.54, 1.807) is 6.92 Å². The summed E-state index contributed by atoms with van der Waals surface area (Å²) in [6.07, 6.45) is -0.693. The second-order valence-corrected chi connectivity index (χ2v) is 5.00. The Morgan fingerprint density at radius 1 is 1.32 bits per heavy atom. The van der Waals surface area contributed by atoms with Crippen LogP contribution in [0.4, 0.5) is 0 Å². The van der Waals surface area contributed by atoms with Crippen LogP contribution in [0.1, 0.15) is 33.6 Å². The summed E-state index contributed by atoms with van der Waals surface area (Å²) < 4.78 is 4.57. The van der Waals surface area contributed by atoms with Crippen LogP contribution in [0.15, 0.2) is 0 Å². The number of carbonyl (C=O) groups is 2. The van der Waals surface area contributed by atoms with E-state index in [0.717, 1.165) is 0 Å². The van der Waals surface area contributed by atoms with E-state index in [4.69, 9.17) is 5.26 Å². The molecule has 0 aromatic carbocycles. The molecular weight excluding hydrogens is 248 g/mol. The molecular formula is C13H22N2O4. The quantitative estimate of drug-likeness (QED) is 0.660. The smallest absolute Gasteiger partial charge is 0.328 e. The van der Waals surface area contributed by atoms with E-state index in [2.05, 4.69) is 10.1 Å².